The van der Waals surface area contributed by atoms with E-state index in [1.807, 2.05) is 12.1 Å². The zero-order valence-electron chi connectivity index (χ0n) is 19.8. The van der Waals surface area contributed by atoms with E-state index in [4.69, 9.17) is 4.74 Å². The van der Waals surface area contributed by atoms with E-state index in [1.165, 1.54) is 18.4 Å². The number of nitrogens with zero attached hydrogens (tertiary/aromatic N) is 2. The van der Waals surface area contributed by atoms with Crippen LogP contribution in [0.15, 0.2) is 16.9 Å². The molecule has 0 radical (unpaired) electrons. The van der Waals surface area contributed by atoms with Gasteiger partial charge in [0.15, 0.2) is 0 Å². The van der Waals surface area contributed by atoms with Gasteiger partial charge in [0.1, 0.15) is 0 Å². The van der Waals surface area contributed by atoms with Crippen LogP contribution in [0, 0.1) is 18.3 Å². The SMILES string of the molecule is Cc1ccc2n(c1=O)[C@@H](COC1CCC(C(C)(C)C)CC1)[C@@H](NS(=O)(=O)N(C)C)CC2. The third-order valence-corrected chi connectivity index (χ3v) is 8.64. The van der Waals surface area contributed by atoms with Gasteiger partial charge >= 0.3 is 0 Å². The Morgan fingerprint density at radius 3 is 2.35 bits per heavy atom. The molecule has 1 aliphatic heterocycles. The van der Waals surface area contributed by atoms with Crippen molar-refractivity contribution in [3.8, 4) is 0 Å². The molecule has 1 fully saturated rings. The first kappa shape index (κ1) is 24.4. The van der Waals surface area contributed by atoms with E-state index in [-0.39, 0.29) is 23.7 Å². The molecule has 1 saturated carbocycles. The zero-order chi connectivity index (χ0) is 23.0. The number of pyridine rings is 1. The van der Waals surface area contributed by atoms with E-state index in [0.29, 0.717) is 36.3 Å². The predicted octanol–water partition coefficient (Wildman–Crippen LogP) is 3.03. The fourth-order valence-corrected chi connectivity index (χ4v) is 5.76. The van der Waals surface area contributed by atoms with Crippen LogP contribution < -0.4 is 10.3 Å². The molecule has 2 atom stereocenters. The molecule has 0 unspecified atom stereocenters. The van der Waals surface area contributed by atoms with Crippen molar-refractivity contribution in [2.45, 2.75) is 84.4 Å². The average Bonchev–Trinajstić information content (AvgIpc) is 2.69. The summed E-state index contributed by atoms with van der Waals surface area (Å²) in [5.74, 6) is 0.702. The normalized spacial score (nSPS) is 27.3. The Kier molecular flexibility index (Phi) is 7.35. The van der Waals surface area contributed by atoms with Gasteiger partial charge in [-0.2, -0.15) is 17.4 Å². The lowest BCUT2D eigenvalue weighted by Crippen LogP contribution is -2.52. The van der Waals surface area contributed by atoms with E-state index in [0.717, 1.165) is 31.4 Å². The first-order valence-corrected chi connectivity index (χ1v) is 12.9. The summed E-state index contributed by atoms with van der Waals surface area (Å²) in [6.07, 6.45) is 5.77. The van der Waals surface area contributed by atoms with Crippen molar-refractivity contribution in [3.05, 3.63) is 33.7 Å². The molecule has 1 aromatic heterocycles. The maximum Gasteiger partial charge on any atom is 0.279 e. The Bertz CT molecular complexity index is 925. The highest BCUT2D eigenvalue weighted by Crippen LogP contribution is 2.39. The Morgan fingerprint density at radius 2 is 1.77 bits per heavy atom. The number of aryl methyl sites for hydroxylation is 2. The van der Waals surface area contributed by atoms with Crippen molar-refractivity contribution < 1.29 is 13.2 Å². The second kappa shape index (κ2) is 9.33. The molecule has 0 bridgehead atoms. The smallest absolute Gasteiger partial charge is 0.279 e. The fraction of sp³-hybridized carbons (Fsp3) is 0.783. The van der Waals surface area contributed by atoms with Gasteiger partial charge < -0.3 is 9.30 Å². The lowest BCUT2D eigenvalue weighted by Gasteiger charge is -2.39. The number of nitrogens with one attached hydrogen (secondary N) is 1. The first-order chi connectivity index (χ1) is 14.4. The average molecular weight is 454 g/mol. The predicted molar refractivity (Wildman–Crippen MR) is 123 cm³/mol. The molecule has 0 amide bonds. The summed E-state index contributed by atoms with van der Waals surface area (Å²) in [5, 5.41) is 0. The van der Waals surface area contributed by atoms with Crippen LogP contribution in [-0.2, 0) is 21.4 Å². The maximum atomic E-state index is 13.0. The monoisotopic (exact) mass is 453 g/mol. The molecule has 1 aliphatic carbocycles. The third-order valence-electron chi connectivity index (χ3n) is 7.08. The van der Waals surface area contributed by atoms with Crippen LogP contribution in [0.4, 0.5) is 0 Å². The van der Waals surface area contributed by atoms with Crippen molar-refractivity contribution >= 4 is 10.2 Å². The number of fused-ring (bicyclic) bond motifs is 1. The molecule has 176 valence electrons. The molecule has 1 N–H and O–H groups in total. The van der Waals surface area contributed by atoms with Crippen LogP contribution in [0.25, 0.3) is 0 Å². The van der Waals surface area contributed by atoms with Gasteiger partial charge in [-0.25, -0.2) is 0 Å². The van der Waals surface area contributed by atoms with Crippen molar-refractivity contribution in [3.63, 3.8) is 0 Å². The van der Waals surface area contributed by atoms with Gasteiger partial charge in [-0.15, -0.1) is 0 Å². The summed E-state index contributed by atoms with van der Waals surface area (Å²) in [4.78, 5) is 13.0. The van der Waals surface area contributed by atoms with E-state index in [2.05, 4.69) is 25.5 Å². The molecule has 31 heavy (non-hydrogen) atoms. The van der Waals surface area contributed by atoms with Gasteiger partial charge in [-0.3, -0.25) is 4.79 Å². The van der Waals surface area contributed by atoms with Crippen molar-refractivity contribution in [2.75, 3.05) is 20.7 Å². The Balaban J connectivity index is 1.79. The van der Waals surface area contributed by atoms with Gasteiger partial charge in [0.2, 0.25) is 0 Å². The molecule has 0 aromatic carbocycles. The number of hydrogen-bond acceptors (Lipinski definition) is 4. The molecule has 0 saturated heterocycles. The highest BCUT2D eigenvalue weighted by Gasteiger charge is 2.36. The Labute approximate surface area is 187 Å². The molecule has 2 aliphatic rings. The van der Waals surface area contributed by atoms with Crippen LogP contribution >= 0.6 is 0 Å². The molecule has 3 rings (SSSR count). The van der Waals surface area contributed by atoms with Crippen molar-refractivity contribution in [1.82, 2.24) is 13.6 Å². The Morgan fingerprint density at radius 1 is 1.13 bits per heavy atom. The van der Waals surface area contributed by atoms with Crippen LogP contribution in [-0.4, -0.2) is 50.1 Å². The van der Waals surface area contributed by atoms with Gasteiger partial charge in [0, 0.05) is 31.4 Å². The molecule has 2 heterocycles. The first-order valence-electron chi connectivity index (χ1n) is 11.4. The topological polar surface area (TPSA) is 80.6 Å². The van der Waals surface area contributed by atoms with E-state index in [1.54, 1.807) is 11.5 Å². The minimum Gasteiger partial charge on any atom is -0.376 e. The highest BCUT2D eigenvalue weighted by molar-refractivity contribution is 7.87. The molecule has 1 aromatic rings. The number of rotatable bonds is 6. The van der Waals surface area contributed by atoms with Crippen molar-refractivity contribution in [1.29, 1.82) is 0 Å². The molecular formula is C23H39N3O4S. The number of aromatic nitrogens is 1. The number of ether oxygens (including phenoxy) is 1. The highest BCUT2D eigenvalue weighted by atomic mass is 32.2. The summed E-state index contributed by atoms with van der Waals surface area (Å²) < 4.78 is 37.1. The van der Waals surface area contributed by atoms with Gasteiger partial charge in [0.05, 0.1) is 18.8 Å². The zero-order valence-corrected chi connectivity index (χ0v) is 20.7. The number of hydrogen-bond donors (Lipinski definition) is 1. The second-order valence-electron chi connectivity index (χ2n) is 10.5. The summed E-state index contributed by atoms with van der Waals surface area (Å²) in [6.45, 7) is 9.03. The minimum absolute atomic E-state index is 0.0590. The standard InChI is InChI=1S/C23H39N3O4S/c1-16-7-10-18-11-14-20(24-31(28,29)25(5)6)21(26(18)22(16)27)15-30-19-12-8-17(9-13-19)23(2,3)4/h7,10,17,19-21,24H,8-9,11-15H2,1-6H3/t17?,19?,20-,21-/m0/s1. The summed E-state index contributed by atoms with van der Waals surface area (Å²) in [6, 6.07) is 3.09. The van der Waals surface area contributed by atoms with Gasteiger partial charge in [0.25, 0.3) is 15.8 Å². The maximum absolute atomic E-state index is 13.0. The summed E-state index contributed by atoms with van der Waals surface area (Å²) >= 11 is 0. The molecule has 0 spiro atoms. The second-order valence-corrected chi connectivity index (χ2v) is 12.4. The third kappa shape index (κ3) is 5.59. The van der Waals surface area contributed by atoms with E-state index >= 15 is 0 Å². The lowest BCUT2D eigenvalue weighted by molar-refractivity contribution is -0.0170. The Hall–Kier alpha value is -1.22. The quantitative estimate of drug-likeness (QED) is 0.718. The summed E-state index contributed by atoms with van der Waals surface area (Å²) in [7, 11) is -0.594. The molecule has 8 heteroatoms. The largest absolute Gasteiger partial charge is 0.376 e. The van der Waals surface area contributed by atoms with E-state index < -0.39 is 10.2 Å². The van der Waals surface area contributed by atoms with Gasteiger partial charge in [-0.1, -0.05) is 26.8 Å². The molecular weight excluding hydrogens is 414 g/mol. The van der Waals surface area contributed by atoms with E-state index in [9.17, 15) is 13.2 Å². The minimum atomic E-state index is -3.61. The van der Waals surface area contributed by atoms with Crippen LogP contribution in [0.2, 0.25) is 0 Å². The van der Waals surface area contributed by atoms with Crippen LogP contribution in [0.5, 0.6) is 0 Å². The fourth-order valence-electron chi connectivity index (χ4n) is 4.89. The molecule has 7 nitrogen and oxygen atoms in total. The van der Waals surface area contributed by atoms with Crippen molar-refractivity contribution in [2.24, 2.45) is 11.3 Å². The summed E-state index contributed by atoms with van der Waals surface area (Å²) in [5.41, 5.74) is 1.86. The lowest BCUT2D eigenvalue weighted by atomic mass is 9.72. The van der Waals surface area contributed by atoms with Gasteiger partial charge in [-0.05, 0) is 62.8 Å². The van der Waals surface area contributed by atoms with Crippen LogP contribution in [0.1, 0.15) is 70.2 Å². The van der Waals surface area contributed by atoms with Crippen LogP contribution in [0.3, 0.4) is 0 Å².